The van der Waals surface area contributed by atoms with Crippen LogP contribution in [0.3, 0.4) is 0 Å². The number of hydrogen-bond donors (Lipinski definition) is 0. The fraction of sp³-hybridized carbons (Fsp3) is 0.278. The second-order valence-electron chi connectivity index (χ2n) is 6.10. The fourth-order valence-corrected chi connectivity index (χ4v) is 2.79. The van der Waals surface area contributed by atoms with Crippen LogP contribution in [-0.2, 0) is 17.9 Å². The van der Waals surface area contributed by atoms with Gasteiger partial charge >= 0.3 is 0 Å². The van der Waals surface area contributed by atoms with Crippen LogP contribution >= 0.6 is 0 Å². The molecule has 1 amide bonds. The maximum Gasteiger partial charge on any atom is 0.242 e. The maximum absolute atomic E-state index is 12.2. The highest BCUT2D eigenvalue weighted by Crippen LogP contribution is 2.21. The molecule has 0 unspecified atom stereocenters. The number of amides is 1. The fourth-order valence-electron chi connectivity index (χ4n) is 2.79. The zero-order valence-electron chi connectivity index (χ0n) is 13.7. The Hall–Kier alpha value is -3.09. The average molecular weight is 337 g/mol. The van der Waals surface area contributed by atoms with Gasteiger partial charge in [-0.25, -0.2) is 4.68 Å². The Morgan fingerprint density at radius 1 is 1.12 bits per heavy atom. The van der Waals surface area contributed by atoms with Crippen LogP contribution in [0.5, 0.6) is 5.75 Å². The zero-order valence-corrected chi connectivity index (χ0v) is 13.7. The molecule has 1 saturated heterocycles. The molecular weight excluding hydrogens is 318 g/mol. The van der Waals surface area contributed by atoms with Crippen molar-refractivity contribution >= 4 is 5.91 Å². The molecule has 1 aromatic carbocycles. The number of para-hydroxylation sites is 1. The molecule has 0 aliphatic carbocycles. The van der Waals surface area contributed by atoms with Crippen molar-refractivity contribution in [3.63, 3.8) is 0 Å². The van der Waals surface area contributed by atoms with E-state index in [1.54, 1.807) is 0 Å². The number of aromatic nitrogens is 4. The maximum atomic E-state index is 12.2. The first-order valence-corrected chi connectivity index (χ1v) is 8.25. The Kier molecular flexibility index (Phi) is 4.20. The Labute approximate surface area is 145 Å². The van der Waals surface area contributed by atoms with Gasteiger partial charge in [0.15, 0.2) is 0 Å². The van der Waals surface area contributed by atoms with E-state index < -0.39 is 0 Å². The van der Waals surface area contributed by atoms with Crippen molar-refractivity contribution in [3.05, 3.63) is 66.7 Å². The van der Waals surface area contributed by atoms with E-state index in [9.17, 15) is 4.79 Å². The van der Waals surface area contributed by atoms with Crippen LogP contribution in [0.4, 0.5) is 0 Å². The van der Waals surface area contributed by atoms with Gasteiger partial charge in [0.05, 0.1) is 12.2 Å². The van der Waals surface area contributed by atoms with Crippen molar-refractivity contribution < 1.29 is 9.53 Å². The molecule has 7 heteroatoms. The third kappa shape index (κ3) is 3.55. The largest absolute Gasteiger partial charge is 0.487 e. The van der Waals surface area contributed by atoms with E-state index in [-0.39, 0.29) is 11.9 Å². The minimum Gasteiger partial charge on any atom is -0.487 e. The van der Waals surface area contributed by atoms with E-state index >= 15 is 0 Å². The van der Waals surface area contributed by atoms with Crippen molar-refractivity contribution in [2.75, 3.05) is 13.1 Å². The molecule has 3 heterocycles. The van der Waals surface area contributed by atoms with E-state index in [0.29, 0.717) is 26.2 Å². The van der Waals surface area contributed by atoms with Gasteiger partial charge in [-0.1, -0.05) is 23.4 Å². The van der Waals surface area contributed by atoms with Gasteiger partial charge in [-0.2, -0.15) is 0 Å². The van der Waals surface area contributed by atoms with Crippen molar-refractivity contribution in [2.24, 2.45) is 0 Å². The highest BCUT2D eigenvalue weighted by molar-refractivity contribution is 5.76. The van der Waals surface area contributed by atoms with Crippen LogP contribution in [0, 0.1) is 0 Å². The number of benzene rings is 1. The summed E-state index contributed by atoms with van der Waals surface area (Å²) in [4.78, 5) is 14.0. The smallest absolute Gasteiger partial charge is 0.242 e. The summed E-state index contributed by atoms with van der Waals surface area (Å²) < 4.78 is 9.37. The summed E-state index contributed by atoms with van der Waals surface area (Å²) in [5.74, 6) is 0.933. The summed E-state index contributed by atoms with van der Waals surface area (Å²) in [5, 5.41) is 8.31. The predicted octanol–water partition coefficient (Wildman–Crippen LogP) is 1.74. The lowest BCUT2D eigenvalue weighted by Gasteiger charge is -2.38. The predicted molar refractivity (Wildman–Crippen MR) is 90.8 cm³/mol. The highest BCUT2D eigenvalue weighted by atomic mass is 16.5. The third-order valence-electron chi connectivity index (χ3n) is 4.26. The number of hydrogen-bond acceptors (Lipinski definition) is 4. The SMILES string of the molecule is O=C(Cn1cccc1)N1CC(n2cc(COc3ccccc3)nn2)C1. The van der Waals surface area contributed by atoms with Crippen LogP contribution < -0.4 is 4.74 Å². The lowest BCUT2D eigenvalue weighted by Crippen LogP contribution is -2.51. The molecule has 4 rings (SSSR count). The van der Waals surface area contributed by atoms with Gasteiger partial charge in [-0.15, -0.1) is 5.10 Å². The second-order valence-corrected chi connectivity index (χ2v) is 6.10. The summed E-state index contributed by atoms with van der Waals surface area (Å²) in [6, 6.07) is 13.6. The van der Waals surface area contributed by atoms with Gasteiger partial charge in [0.1, 0.15) is 24.6 Å². The lowest BCUT2D eigenvalue weighted by atomic mass is 10.1. The molecule has 0 atom stereocenters. The molecule has 0 bridgehead atoms. The molecule has 1 aliphatic heterocycles. The summed E-state index contributed by atoms with van der Waals surface area (Å²) in [5.41, 5.74) is 0.779. The summed E-state index contributed by atoms with van der Waals surface area (Å²) in [6.07, 6.45) is 5.68. The van der Waals surface area contributed by atoms with E-state index in [1.807, 2.05) is 75.2 Å². The molecule has 1 aliphatic rings. The highest BCUT2D eigenvalue weighted by Gasteiger charge is 2.32. The van der Waals surface area contributed by atoms with Crippen LogP contribution in [0.25, 0.3) is 0 Å². The topological polar surface area (TPSA) is 65.2 Å². The monoisotopic (exact) mass is 337 g/mol. The molecule has 3 aromatic rings. The van der Waals surface area contributed by atoms with Gasteiger partial charge in [0.2, 0.25) is 5.91 Å². The van der Waals surface area contributed by atoms with Gasteiger partial charge in [-0.05, 0) is 24.3 Å². The number of likely N-dealkylation sites (tertiary alicyclic amines) is 1. The molecule has 1 fully saturated rings. The van der Waals surface area contributed by atoms with E-state index in [1.165, 1.54) is 0 Å². The Bertz CT molecular complexity index is 822. The first kappa shape index (κ1) is 15.4. The molecule has 2 aromatic heterocycles. The van der Waals surface area contributed by atoms with E-state index in [0.717, 1.165) is 11.4 Å². The van der Waals surface area contributed by atoms with Gasteiger partial charge < -0.3 is 14.2 Å². The molecule has 0 saturated carbocycles. The van der Waals surface area contributed by atoms with Gasteiger partial charge in [-0.3, -0.25) is 4.79 Å². The van der Waals surface area contributed by atoms with Crippen molar-refractivity contribution in [3.8, 4) is 5.75 Å². The summed E-state index contributed by atoms with van der Waals surface area (Å²) >= 11 is 0. The van der Waals surface area contributed by atoms with Gasteiger partial charge in [0, 0.05) is 25.5 Å². The van der Waals surface area contributed by atoms with Gasteiger partial charge in [0.25, 0.3) is 0 Å². The van der Waals surface area contributed by atoms with E-state index in [2.05, 4.69) is 10.3 Å². The minimum absolute atomic E-state index is 0.125. The summed E-state index contributed by atoms with van der Waals surface area (Å²) in [6.45, 7) is 2.10. The lowest BCUT2D eigenvalue weighted by molar-refractivity contribution is -0.137. The summed E-state index contributed by atoms with van der Waals surface area (Å²) in [7, 11) is 0. The zero-order chi connectivity index (χ0) is 17.1. The molecule has 0 spiro atoms. The standard InChI is InChI=1S/C18H19N5O2/c24-18(13-21-8-4-5-9-21)22-11-16(12-22)23-10-15(19-20-23)14-25-17-6-2-1-3-7-17/h1-10,16H,11-14H2. The third-order valence-corrected chi connectivity index (χ3v) is 4.26. The van der Waals surface area contributed by atoms with Crippen LogP contribution in [-0.4, -0.2) is 43.5 Å². The van der Waals surface area contributed by atoms with Crippen molar-refractivity contribution in [1.82, 2.24) is 24.5 Å². The first-order valence-electron chi connectivity index (χ1n) is 8.25. The second kappa shape index (κ2) is 6.80. The van der Waals surface area contributed by atoms with Crippen LogP contribution in [0.1, 0.15) is 11.7 Å². The molecule has 7 nitrogen and oxygen atoms in total. The molecule has 25 heavy (non-hydrogen) atoms. The Balaban J connectivity index is 1.27. The number of ether oxygens (including phenoxy) is 1. The molecule has 128 valence electrons. The minimum atomic E-state index is 0.125. The molecule has 0 N–H and O–H groups in total. The van der Waals surface area contributed by atoms with E-state index in [4.69, 9.17) is 4.74 Å². The molecular formula is C18H19N5O2. The quantitative estimate of drug-likeness (QED) is 0.687. The normalized spacial score (nSPS) is 14.3. The molecule has 0 radical (unpaired) electrons. The van der Waals surface area contributed by atoms with Crippen molar-refractivity contribution in [2.45, 2.75) is 19.2 Å². The number of nitrogens with zero attached hydrogens (tertiary/aromatic N) is 5. The van der Waals surface area contributed by atoms with Crippen molar-refractivity contribution in [1.29, 1.82) is 0 Å². The number of carbonyl (C=O) groups excluding carboxylic acids is 1. The van der Waals surface area contributed by atoms with Crippen LogP contribution in [0.15, 0.2) is 61.1 Å². The first-order chi connectivity index (χ1) is 12.3. The van der Waals surface area contributed by atoms with Crippen LogP contribution in [0.2, 0.25) is 0 Å². The average Bonchev–Trinajstić information content (AvgIpc) is 3.25. The Morgan fingerprint density at radius 3 is 2.64 bits per heavy atom. The Morgan fingerprint density at radius 2 is 1.88 bits per heavy atom. The number of carbonyl (C=O) groups is 1. The number of rotatable bonds is 6.